The summed E-state index contributed by atoms with van der Waals surface area (Å²) in [5, 5.41) is 12.6. The van der Waals surface area contributed by atoms with Crippen LogP contribution in [0.5, 0.6) is 0 Å². The Morgan fingerprint density at radius 2 is 2.06 bits per heavy atom. The molecule has 0 aromatic rings. The highest BCUT2D eigenvalue weighted by atomic mass is 16.5. The summed E-state index contributed by atoms with van der Waals surface area (Å²) in [5.74, 6) is -0.0370. The summed E-state index contributed by atoms with van der Waals surface area (Å²) >= 11 is 0. The third-order valence-electron chi connectivity index (χ3n) is 2.04. The molecule has 0 aromatic heterocycles. The van der Waals surface area contributed by atoms with E-state index < -0.39 is 6.10 Å². The quantitative estimate of drug-likeness (QED) is 0.668. The predicted octanol–water partition coefficient (Wildman–Crippen LogP) is -0.160. The van der Waals surface area contributed by atoms with E-state index in [1.807, 2.05) is 20.8 Å². The SMILES string of the molecule is COCC(O)CN(C)C(=O)CNC(C)(C)C. The molecular weight excluding hydrogens is 208 g/mol. The van der Waals surface area contributed by atoms with Crippen LogP contribution in [0.4, 0.5) is 0 Å². The number of ether oxygens (including phenoxy) is 1. The molecule has 2 N–H and O–H groups in total. The first-order valence-electron chi connectivity index (χ1n) is 5.42. The van der Waals surface area contributed by atoms with Crippen LogP contribution in [0.1, 0.15) is 20.8 Å². The molecule has 5 heteroatoms. The van der Waals surface area contributed by atoms with E-state index in [1.165, 1.54) is 12.0 Å². The van der Waals surface area contributed by atoms with Crippen LogP contribution < -0.4 is 5.32 Å². The van der Waals surface area contributed by atoms with Crippen LogP contribution in [0.2, 0.25) is 0 Å². The Hall–Kier alpha value is -0.650. The van der Waals surface area contributed by atoms with Gasteiger partial charge in [0.25, 0.3) is 0 Å². The number of nitrogens with zero attached hydrogens (tertiary/aromatic N) is 1. The number of nitrogens with one attached hydrogen (secondary N) is 1. The van der Waals surface area contributed by atoms with Crippen LogP contribution in [-0.4, -0.2) is 61.4 Å². The van der Waals surface area contributed by atoms with Crippen LogP contribution in [0, 0.1) is 0 Å². The molecule has 96 valence electrons. The summed E-state index contributed by atoms with van der Waals surface area (Å²) in [5.41, 5.74) is -0.0817. The van der Waals surface area contributed by atoms with Crippen molar-refractivity contribution < 1.29 is 14.6 Å². The van der Waals surface area contributed by atoms with E-state index in [1.54, 1.807) is 7.05 Å². The molecule has 0 aliphatic carbocycles. The van der Waals surface area contributed by atoms with Crippen LogP contribution >= 0.6 is 0 Å². The van der Waals surface area contributed by atoms with Gasteiger partial charge in [-0.05, 0) is 20.8 Å². The Morgan fingerprint density at radius 3 is 2.50 bits per heavy atom. The Labute approximate surface area is 97.8 Å². The first-order valence-corrected chi connectivity index (χ1v) is 5.42. The maximum Gasteiger partial charge on any atom is 0.236 e. The van der Waals surface area contributed by atoms with Gasteiger partial charge < -0.3 is 20.1 Å². The lowest BCUT2D eigenvalue weighted by atomic mass is 10.1. The van der Waals surface area contributed by atoms with Crippen molar-refractivity contribution in [3.8, 4) is 0 Å². The van der Waals surface area contributed by atoms with Gasteiger partial charge in [-0.15, -0.1) is 0 Å². The minimum absolute atomic E-state index is 0.0370. The zero-order valence-electron chi connectivity index (χ0n) is 10.9. The summed E-state index contributed by atoms with van der Waals surface area (Å²) in [6.07, 6.45) is -0.631. The van der Waals surface area contributed by atoms with E-state index in [0.717, 1.165) is 0 Å². The zero-order valence-corrected chi connectivity index (χ0v) is 10.9. The topological polar surface area (TPSA) is 61.8 Å². The Bertz CT molecular complexity index is 214. The summed E-state index contributed by atoms with van der Waals surface area (Å²) in [6, 6.07) is 0. The lowest BCUT2D eigenvalue weighted by molar-refractivity contribution is -0.130. The highest BCUT2D eigenvalue weighted by Gasteiger charge is 2.16. The summed E-state index contributed by atoms with van der Waals surface area (Å²) in [6.45, 7) is 6.81. The largest absolute Gasteiger partial charge is 0.389 e. The van der Waals surface area contributed by atoms with Gasteiger partial charge in [0, 0.05) is 26.2 Å². The summed E-state index contributed by atoms with van der Waals surface area (Å²) < 4.78 is 4.79. The number of hydrogen-bond donors (Lipinski definition) is 2. The number of methoxy groups -OCH3 is 1. The molecule has 5 nitrogen and oxygen atoms in total. The van der Waals surface area contributed by atoms with E-state index in [0.29, 0.717) is 6.54 Å². The van der Waals surface area contributed by atoms with Crippen LogP contribution in [0.15, 0.2) is 0 Å². The molecule has 1 amide bonds. The van der Waals surface area contributed by atoms with Gasteiger partial charge in [0.2, 0.25) is 5.91 Å². The fourth-order valence-electron chi connectivity index (χ4n) is 1.14. The van der Waals surface area contributed by atoms with Crippen molar-refractivity contribution in [2.24, 2.45) is 0 Å². The minimum Gasteiger partial charge on any atom is -0.389 e. The van der Waals surface area contributed by atoms with Crippen molar-refractivity contribution in [2.75, 3.05) is 33.9 Å². The number of amides is 1. The molecule has 0 spiro atoms. The number of aliphatic hydroxyl groups is 1. The minimum atomic E-state index is -0.631. The Morgan fingerprint density at radius 1 is 1.50 bits per heavy atom. The second kappa shape index (κ2) is 6.83. The predicted molar refractivity (Wildman–Crippen MR) is 63.3 cm³/mol. The van der Waals surface area contributed by atoms with Crippen LogP contribution in [0.3, 0.4) is 0 Å². The van der Waals surface area contributed by atoms with Crippen molar-refractivity contribution in [3.63, 3.8) is 0 Å². The van der Waals surface area contributed by atoms with Crippen molar-refractivity contribution in [3.05, 3.63) is 0 Å². The van der Waals surface area contributed by atoms with E-state index in [9.17, 15) is 9.90 Å². The highest BCUT2D eigenvalue weighted by Crippen LogP contribution is 1.98. The number of rotatable bonds is 6. The standard InChI is InChI=1S/C11H24N2O3/c1-11(2,3)12-6-10(15)13(4)7-9(14)8-16-5/h9,12,14H,6-8H2,1-5H3. The van der Waals surface area contributed by atoms with Crippen molar-refractivity contribution in [1.29, 1.82) is 0 Å². The number of hydrogen-bond acceptors (Lipinski definition) is 4. The molecular formula is C11H24N2O3. The third kappa shape index (κ3) is 7.62. The first kappa shape index (κ1) is 15.3. The monoisotopic (exact) mass is 232 g/mol. The molecule has 0 saturated heterocycles. The molecule has 0 radical (unpaired) electrons. The van der Waals surface area contributed by atoms with Gasteiger partial charge >= 0.3 is 0 Å². The Kier molecular flexibility index (Phi) is 6.55. The molecule has 1 unspecified atom stereocenters. The van der Waals surface area contributed by atoms with Gasteiger partial charge in [-0.25, -0.2) is 0 Å². The fraction of sp³-hybridized carbons (Fsp3) is 0.909. The molecule has 0 rings (SSSR count). The summed E-state index contributed by atoms with van der Waals surface area (Å²) in [7, 11) is 3.19. The molecule has 0 bridgehead atoms. The average Bonchev–Trinajstić information content (AvgIpc) is 2.13. The van der Waals surface area contributed by atoms with Crippen LogP contribution in [0.25, 0.3) is 0 Å². The molecule has 0 aromatic carbocycles. The van der Waals surface area contributed by atoms with Crippen molar-refractivity contribution in [1.82, 2.24) is 10.2 Å². The van der Waals surface area contributed by atoms with Crippen molar-refractivity contribution in [2.45, 2.75) is 32.4 Å². The molecule has 0 saturated carbocycles. The number of carbonyl (C=O) groups is 1. The van der Waals surface area contributed by atoms with E-state index in [-0.39, 0.29) is 24.6 Å². The smallest absolute Gasteiger partial charge is 0.236 e. The second-order valence-corrected chi connectivity index (χ2v) is 4.99. The van der Waals surface area contributed by atoms with E-state index in [2.05, 4.69) is 5.32 Å². The highest BCUT2D eigenvalue weighted by molar-refractivity contribution is 5.78. The maximum atomic E-state index is 11.6. The van der Waals surface area contributed by atoms with E-state index >= 15 is 0 Å². The lowest BCUT2D eigenvalue weighted by Gasteiger charge is -2.24. The van der Waals surface area contributed by atoms with Gasteiger partial charge in [0.1, 0.15) is 0 Å². The maximum absolute atomic E-state index is 11.6. The molecule has 16 heavy (non-hydrogen) atoms. The van der Waals surface area contributed by atoms with Gasteiger partial charge in [0.15, 0.2) is 0 Å². The number of aliphatic hydroxyl groups excluding tert-OH is 1. The molecule has 1 atom stereocenters. The van der Waals surface area contributed by atoms with Crippen molar-refractivity contribution >= 4 is 5.91 Å². The average molecular weight is 232 g/mol. The Balaban J connectivity index is 3.90. The molecule has 0 fully saturated rings. The fourth-order valence-corrected chi connectivity index (χ4v) is 1.14. The first-order chi connectivity index (χ1) is 7.26. The van der Waals surface area contributed by atoms with Gasteiger partial charge in [0.05, 0.1) is 19.3 Å². The van der Waals surface area contributed by atoms with Crippen LogP contribution in [-0.2, 0) is 9.53 Å². The normalized spacial score (nSPS) is 13.6. The van der Waals surface area contributed by atoms with Gasteiger partial charge in [-0.2, -0.15) is 0 Å². The second-order valence-electron chi connectivity index (χ2n) is 4.99. The van der Waals surface area contributed by atoms with Gasteiger partial charge in [-0.3, -0.25) is 4.79 Å². The summed E-state index contributed by atoms with van der Waals surface area (Å²) in [4.78, 5) is 13.1. The number of likely N-dealkylation sites (N-methyl/N-ethyl adjacent to an activating group) is 1. The molecule has 0 aliphatic rings. The molecule has 0 heterocycles. The van der Waals surface area contributed by atoms with E-state index in [4.69, 9.17) is 4.74 Å². The molecule has 0 aliphatic heterocycles. The number of carbonyl (C=O) groups excluding carboxylic acids is 1. The lowest BCUT2D eigenvalue weighted by Crippen LogP contribution is -2.45. The third-order valence-corrected chi connectivity index (χ3v) is 2.04. The van der Waals surface area contributed by atoms with Gasteiger partial charge in [-0.1, -0.05) is 0 Å². The zero-order chi connectivity index (χ0) is 12.8.